The zero-order valence-electron chi connectivity index (χ0n) is 16.0. The van der Waals surface area contributed by atoms with Crippen molar-refractivity contribution in [3.05, 3.63) is 72.6 Å². The molecule has 0 aliphatic carbocycles. The van der Waals surface area contributed by atoms with Crippen molar-refractivity contribution in [1.29, 1.82) is 0 Å². The Labute approximate surface area is 170 Å². The number of thiophene rings is 1. The predicted octanol–water partition coefficient (Wildman–Crippen LogP) is 1.60. The van der Waals surface area contributed by atoms with Crippen LogP contribution in [0.3, 0.4) is 0 Å². The van der Waals surface area contributed by atoms with E-state index in [0.717, 1.165) is 11.3 Å². The first-order valence-corrected chi connectivity index (χ1v) is 10.4. The highest BCUT2D eigenvalue weighted by atomic mass is 32.1. The first-order chi connectivity index (χ1) is 14.0. The third-order valence-electron chi connectivity index (χ3n) is 6.04. The monoisotopic (exact) mass is 412 g/mol. The molecule has 2 aliphatic rings. The maximum Gasteiger partial charge on any atom is 0.332 e. The van der Waals surface area contributed by atoms with Gasteiger partial charge in [0.2, 0.25) is 0 Å². The van der Waals surface area contributed by atoms with E-state index in [2.05, 4.69) is 5.10 Å². The summed E-state index contributed by atoms with van der Waals surface area (Å²) in [7, 11) is 0. The lowest BCUT2D eigenvalue weighted by molar-refractivity contribution is 0.0781. The zero-order chi connectivity index (χ0) is 20.2. The molecule has 3 aromatic rings. The minimum absolute atomic E-state index is 0.0687. The predicted molar refractivity (Wildman–Crippen MR) is 106 cm³/mol. The summed E-state index contributed by atoms with van der Waals surface area (Å²) in [6, 6.07) is 5.51. The van der Waals surface area contributed by atoms with Gasteiger partial charge in [-0.1, -0.05) is 6.07 Å². The molecule has 2 aliphatic heterocycles. The lowest BCUT2D eigenvalue weighted by Gasteiger charge is -2.23. The summed E-state index contributed by atoms with van der Waals surface area (Å²) in [5, 5.41) is 6.55. The van der Waals surface area contributed by atoms with E-state index in [9.17, 15) is 14.4 Å². The molecule has 0 N–H and O–H groups in total. The highest BCUT2D eigenvalue weighted by Crippen LogP contribution is 2.41. The number of fused-ring (bicyclic) bond motifs is 2. The van der Waals surface area contributed by atoms with Crippen molar-refractivity contribution in [3.63, 3.8) is 0 Å². The molecule has 0 unspecified atom stereocenters. The number of carbonyl (C=O) groups excluding carboxylic acids is 1. The Morgan fingerprint density at radius 2 is 2.07 bits per heavy atom. The molecule has 150 valence electrons. The van der Waals surface area contributed by atoms with Gasteiger partial charge in [-0.15, -0.1) is 11.3 Å². The van der Waals surface area contributed by atoms with Gasteiger partial charge in [0.05, 0.1) is 23.8 Å². The summed E-state index contributed by atoms with van der Waals surface area (Å²) in [5.41, 5.74) is -0.955. The van der Waals surface area contributed by atoms with Crippen LogP contribution in [0, 0.1) is 6.92 Å². The van der Waals surface area contributed by atoms with E-state index in [0.29, 0.717) is 43.2 Å². The molecule has 5 heterocycles. The maximum absolute atomic E-state index is 12.9. The van der Waals surface area contributed by atoms with Crippen molar-refractivity contribution in [2.75, 3.05) is 13.1 Å². The molecule has 9 heteroatoms. The number of furan rings is 1. The van der Waals surface area contributed by atoms with Crippen LogP contribution in [0.25, 0.3) is 0 Å². The molecule has 1 amide bonds. The number of rotatable bonds is 3. The van der Waals surface area contributed by atoms with Crippen molar-refractivity contribution in [3.8, 4) is 0 Å². The van der Waals surface area contributed by atoms with E-state index in [-0.39, 0.29) is 12.5 Å². The average Bonchev–Trinajstić information content (AvgIpc) is 3.49. The van der Waals surface area contributed by atoms with Gasteiger partial charge in [0.1, 0.15) is 11.6 Å². The molecular weight excluding hydrogens is 392 g/mol. The van der Waals surface area contributed by atoms with E-state index in [1.54, 1.807) is 17.9 Å². The SMILES string of the molecule is Cc1occc1C(=O)N1CC[C@@]2(CCn3c2nn(Cc2cccs2)c(=O)c3=O)C1. The van der Waals surface area contributed by atoms with Crippen molar-refractivity contribution in [1.82, 2.24) is 19.2 Å². The van der Waals surface area contributed by atoms with E-state index in [1.165, 1.54) is 26.8 Å². The fraction of sp³-hybridized carbons (Fsp3) is 0.400. The van der Waals surface area contributed by atoms with Crippen molar-refractivity contribution in [2.45, 2.75) is 38.3 Å². The molecule has 0 aromatic carbocycles. The first-order valence-electron chi connectivity index (χ1n) is 9.57. The van der Waals surface area contributed by atoms with Crippen LogP contribution in [0.2, 0.25) is 0 Å². The number of hydrogen-bond acceptors (Lipinski definition) is 6. The van der Waals surface area contributed by atoms with E-state index < -0.39 is 16.5 Å². The third kappa shape index (κ3) is 2.79. The second-order valence-corrected chi connectivity index (χ2v) is 8.75. The number of hydrogen-bond donors (Lipinski definition) is 0. The van der Waals surface area contributed by atoms with Crippen molar-refractivity contribution >= 4 is 17.2 Å². The largest absolute Gasteiger partial charge is 0.469 e. The van der Waals surface area contributed by atoms with Gasteiger partial charge in [0, 0.05) is 24.5 Å². The van der Waals surface area contributed by atoms with E-state index in [1.807, 2.05) is 17.5 Å². The fourth-order valence-corrected chi connectivity index (χ4v) is 5.13. The summed E-state index contributed by atoms with van der Waals surface area (Å²) in [6.07, 6.45) is 2.94. The molecule has 0 radical (unpaired) electrons. The van der Waals surface area contributed by atoms with Crippen LogP contribution in [0.4, 0.5) is 0 Å². The van der Waals surface area contributed by atoms with Gasteiger partial charge in [0.25, 0.3) is 5.91 Å². The normalized spacial score (nSPS) is 20.5. The van der Waals surface area contributed by atoms with E-state index in [4.69, 9.17) is 4.42 Å². The van der Waals surface area contributed by atoms with Crippen LogP contribution in [-0.2, 0) is 18.5 Å². The van der Waals surface area contributed by atoms with Crippen LogP contribution < -0.4 is 11.1 Å². The smallest absolute Gasteiger partial charge is 0.332 e. The molecule has 5 rings (SSSR count). The van der Waals surface area contributed by atoms with Gasteiger partial charge >= 0.3 is 11.1 Å². The second kappa shape index (κ2) is 6.55. The number of amides is 1. The molecule has 8 nitrogen and oxygen atoms in total. The summed E-state index contributed by atoms with van der Waals surface area (Å²) in [6.45, 7) is 3.59. The lowest BCUT2D eigenvalue weighted by atomic mass is 9.85. The van der Waals surface area contributed by atoms with Gasteiger partial charge in [-0.05, 0) is 37.3 Å². The van der Waals surface area contributed by atoms with Crippen LogP contribution in [0.5, 0.6) is 0 Å². The Hall–Kier alpha value is -2.94. The minimum atomic E-state index is -0.598. The van der Waals surface area contributed by atoms with Crippen LogP contribution >= 0.6 is 11.3 Å². The maximum atomic E-state index is 12.9. The lowest BCUT2D eigenvalue weighted by Crippen LogP contribution is -2.45. The van der Waals surface area contributed by atoms with Gasteiger partial charge in [-0.2, -0.15) is 5.10 Å². The molecule has 1 fully saturated rings. The number of nitrogens with zero attached hydrogens (tertiary/aromatic N) is 4. The number of aryl methyl sites for hydroxylation is 1. The second-order valence-electron chi connectivity index (χ2n) is 7.72. The van der Waals surface area contributed by atoms with Crippen LogP contribution in [0.1, 0.15) is 39.7 Å². The molecule has 0 bridgehead atoms. The molecule has 29 heavy (non-hydrogen) atoms. The number of carbonyl (C=O) groups is 1. The Morgan fingerprint density at radius 3 is 2.79 bits per heavy atom. The molecule has 1 saturated heterocycles. The molecule has 3 aromatic heterocycles. The zero-order valence-corrected chi connectivity index (χ0v) is 16.8. The third-order valence-corrected chi connectivity index (χ3v) is 6.90. The highest BCUT2D eigenvalue weighted by molar-refractivity contribution is 7.09. The van der Waals surface area contributed by atoms with Gasteiger partial charge < -0.3 is 9.32 Å². The van der Waals surface area contributed by atoms with Crippen LogP contribution in [-0.4, -0.2) is 38.2 Å². The standard InChI is InChI=1S/C20H20N4O4S/c1-13-15(4-9-28-13)16(25)22-7-5-20(12-22)6-8-23-17(26)18(27)24(21-19(20)23)11-14-3-2-10-29-14/h2-4,9-10H,5-8,11-12H2,1H3/t20-/m1/s1. The van der Waals surface area contributed by atoms with Crippen molar-refractivity contribution < 1.29 is 9.21 Å². The number of likely N-dealkylation sites (tertiary alicyclic amines) is 1. The minimum Gasteiger partial charge on any atom is -0.469 e. The fourth-order valence-electron chi connectivity index (χ4n) is 4.44. The summed E-state index contributed by atoms with van der Waals surface area (Å²) < 4.78 is 8.05. The Bertz CT molecular complexity index is 1210. The summed E-state index contributed by atoms with van der Waals surface area (Å²) in [4.78, 5) is 40.9. The summed E-state index contributed by atoms with van der Waals surface area (Å²) >= 11 is 1.52. The van der Waals surface area contributed by atoms with Gasteiger partial charge in [-0.25, -0.2) is 4.68 Å². The van der Waals surface area contributed by atoms with Gasteiger partial charge in [0.15, 0.2) is 0 Å². The Morgan fingerprint density at radius 1 is 1.24 bits per heavy atom. The highest BCUT2D eigenvalue weighted by Gasteiger charge is 2.48. The topological polar surface area (TPSA) is 90.3 Å². The number of aromatic nitrogens is 3. The Kier molecular flexibility index (Phi) is 4.09. The Balaban J connectivity index is 1.50. The quantitative estimate of drug-likeness (QED) is 0.610. The average molecular weight is 412 g/mol. The molecule has 0 saturated carbocycles. The first kappa shape index (κ1) is 18.1. The molecular formula is C20H20N4O4S. The molecule has 1 atom stereocenters. The van der Waals surface area contributed by atoms with Crippen molar-refractivity contribution in [2.24, 2.45) is 0 Å². The van der Waals surface area contributed by atoms with E-state index >= 15 is 0 Å². The molecule has 1 spiro atoms. The van der Waals surface area contributed by atoms with Crippen LogP contribution in [0.15, 0.2) is 43.8 Å². The summed E-state index contributed by atoms with van der Waals surface area (Å²) in [5.74, 6) is 1.15. The van der Waals surface area contributed by atoms with Gasteiger partial charge in [-0.3, -0.25) is 19.0 Å².